The lowest BCUT2D eigenvalue weighted by atomic mass is 10.1. The highest BCUT2D eigenvalue weighted by Crippen LogP contribution is 2.34. The van der Waals surface area contributed by atoms with E-state index in [9.17, 15) is 10.2 Å². The summed E-state index contributed by atoms with van der Waals surface area (Å²) in [6, 6.07) is 1.78. The molecule has 2 N–H and O–H groups in total. The number of hydrogen-bond donors (Lipinski definition) is 2. The van der Waals surface area contributed by atoms with Gasteiger partial charge in [0.05, 0.1) is 13.2 Å². The van der Waals surface area contributed by atoms with Crippen molar-refractivity contribution in [2.24, 2.45) is 0 Å². The van der Waals surface area contributed by atoms with E-state index in [0.29, 0.717) is 57.2 Å². The van der Waals surface area contributed by atoms with Gasteiger partial charge in [0.25, 0.3) is 0 Å². The molecule has 0 rings (SSSR count). The number of ether oxygens (including phenoxy) is 3. The highest BCUT2D eigenvalue weighted by molar-refractivity contribution is 6.92. The van der Waals surface area contributed by atoms with E-state index in [2.05, 4.69) is 177 Å². The first kappa shape index (κ1) is 69.0. The SMILES string of the molecule is C[Si](C)(C)O[Si](CCCOC([C@H](CO)OCCC[Si](O[Si](C)(C)C)(O[Si](C)(C)C)O[Si](C)(C)C)[C@@H](CO)OCCC[Si](O[Si](C)(C)C)(O[Si](C)(C)C)O[Si](C)(C)C)(O[Si](C)(C)C)O[Si](C)(C)C. The molecule has 0 saturated carbocycles. The average Bonchev–Trinajstić information content (AvgIpc) is 2.98. The van der Waals surface area contributed by atoms with E-state index >= 15 is 0 Å². The van der Waals surface area contributed by atoms with Crippen molar-refractivity contribution < 1.29 is 61.5 Å². The topological polar surface area (TPSA) is 151 Å². The zero-order chi connectivity index (χ0) is 53.0. The van der Waals surface area contributed by atoms with Gasteiger partial charge in [0.1, 0.15) is 18.3 Å². The standard InChI is InChI=1S/C41H108O14Si12/c1-56(2,3)47-65(48-57(4,5)6,49-58(7,8)9)34-28-31-44-39(37-42)41(46-33-30-36-67(53-62(19,20)21,54-63(22,23)24)55-64(25,26)27)40(38-43)45-32-29-35-66(50-59(10,11)12,51-60(13,14)15)52-61(16,17)18/h39-43H,28-38H2,1-27H3/t39-,40+,41?. The summed E-state index contributed by atoms with van der Waals surface area (Å²) in [4.78, 5) is 0. The molecule has 0 bridgehead atoms. The fourth-order valence-corrected chi connectivity index (χ4v) is 51.2. The third-order valence-corrected chi connectivity index (χ3v) is 44.2. The number of hydrogen-bond acceptors (Lipinski definition) is 14. The molecule has 0 radical (unpaired) electrons. The largest absolute Gasteiger partial charge is 0.469 e. The van der Waals surface area contributed by atoms with Gasteiger partial charge in [-0.3, -0.25) is 0 Å². The summed E-state index contributed by atoms with van der Waals surface area (Å²) in [6.45, 7) is 59.2. The predicted molar refractivity (Wildman–Crippen MR) is 309 cm³/mol. The van der Waals surface area contributed by atoms with Crippen LogP contribution in [0.15, 0.2) is 0 Å². The molecule has 0 amide bonds. The lowest BCUT2D eigenvalue weighted by Gasteiger charge is -2.43. The van der Waals surface area contributed by atoms with Crippen LogP contribution in [0.25, 0.3) is 0 Å². The molecule has 0 saturated heterocycles. The Morgan fingerprint density at radius 3 is 0.582 bits per heavy atom. The van der Waals surface area contributed by atoms with Crippen LogP contribution in [0.4, 0.5) is 0 Å². The van der Waals surface area contributed by atoms with Crippen molar-refractivity contribution in [3.05, 3.63) is 0 Å². The summed E-state index contributed by atoms with van der Waals surface area (Å²) in [5.41, 5.74) is 0. The average molecular weight is 1160 g/mol. The van der Waals surface area contributed by atoms with Crippen LogP contribution in [0.2, 0.25) is 195 Å². The molecule has 0 aliphatic heterocycles. The van der Waals surface area contributed by atoms with Crippen LogP contribution in [0.3, 0.4) is 0 Å². The van der Waals surface area contributed by atoms with E-state index in [1.807, 2.05) is 0 Å². The van der Waals surface area contributed by atoms with Gasteiger partial charge in [-0.15, -0.1) is 0 Å². The van der Waals surface area contributed by atoms with E-state index in [0.717, 1.165) is 0 Å². The molecule has 26 heteroatoms. The highest BCUT2D eigenvalue weighted by atomic mass is 28.5. The smallest absolute Gasteiger partial charge is 0.417 e. The Morgan fingerprint density at radius 1 is 0.269 bits per heavy atom. The van der Waals surface area contributed by atoms with Crippen LogP contribution in [0.1, 0.15) is 19.3 Å². The lowest BCUT2D eigenvalue weighted by Crippen LogP contribution is -2.60. The first-order valence-corrected chi connectivity index (χ1v) is 61.4. The molecule has 0 aliphatic rings. The third kappa shape index (κ3) is 35.0. The van der Waals surface area contributed by atoms with Crippen molar-refractivity contribution >= 4 is 101 Å². The highest BCUT2D eigenvalue weighted by Gasteiger charge is 2.52. The maximum Gasteiger partial charge on any atom is 0.469 e. The Morgan fingerprint density at radius 2 is 0.433 bits per heavy atom. The Hall–Kier alpha value is 2.04. The Labute approximate surface area is 425 Å². The first-order valence-electron chi connectivity index (χ1n) is 24.9. The molecule has 0 fully saturated rings. The van der Waals surface area contributed by atoms with Gasteiger partial charge in [-0.2, -0.15) is 0 Å². The molecule has 0 heterocycles. The minimum Gasteiger partial charge on any atom is -0.417 e. The van der Waals surface area contributed by atoms with Gasteiger partial charge in [-0.25, -0.2) is 0 Å². The molecular weight excluding hydrogens is 1050 g/mol. The molecule has 14 nitrogen and oxygen atoms in total. The summed E-state index contributed by atoms with van der Waals surface area (Å²) in [5.74, 6) is 0. The van der Waals surface area contributed by atoms with Gasteiger partial charge >= 0.3 is 26.4 Å². The molecule has 0 aliphatic carbocycles. The second-order valence-electron chi connectivity index (χ2n) is 26.8. The molecule has 0 aromatic rings. The Bertz CT molecular complexity index is 1200. The summed E-state index contributed by atoms with van der Waals surface area (Å²) in [6.07, 6.45) is -0.607. The Kier molecular flexibility index (Phi) is 28.0. The maximum atomic E-state index is 11.1. The van der Waals surface area contributed by atoms with Gasteiger partial charge < -0.3 is 61.5 Å². The normalized spacial score (nSPS) is 16.4. The van der Waals surface area contributed by atoms with Gasteiger partial charge in [-0.1, -0.05) is 0 Å². The fourth-order valence-electron chi connectivity index (χ4n) is 7.36. The van der Waals surface area contributed by atoms with Crippen molar-refractivity contribution in [1.29, 1.82) is 0 Å². The van der Waals surface area contributed by atoms with E-state index in [4.69, 9.17) is 51.2 Å². The van der Waals surface area contributed by atoms with Gasteiger partial charge in [-0.05, 0) is 196 Å². The molecule has 67 heavy (non-hydrogen) atoms. The number of aliphatic hydroxyl groups excluding tert-OH is 2. The van der Waals surface area contributed by atoms with E-state index in [1.54, 1.807) is 0 Å². The van der Waals surface area contributed by atoms with Crippen molar-refractivity contribution in [2.45, 2.75) is 232 Å². The minimum atomic E-state index is -3.14. The quantitative estimate of drug-likeness (QED) is 0.0448. The van der Waals surface area contributed by atoms with Crippen LogP contribution in [0.5, 0.6) is 0 Å². The fraction of sp³-hybridized carbons (Fsp3) is 1.00. The second kappa shape index (κ2) is 27.2. The summed E-state index contributed by atoms with van der Waals surface area (Å²) in [7, 11) is -28.1. The van der Waals surface area contributed by atoms with Crippen LogP contribution in [-0.4, -0.2) is 163 Å². The minimum absolute atomic E-state index is 0.292. The van der Waals surface area contributed by atoms with Crippen LogP contribution in [0, 0.1) is 0 Å². The summed E-state index contributed by atoms with van der Waals surface area (Å²) >= 11 is 0. The molecule has 404 valence electrons. The number of aliphatic hydroxyl groups is 2. The van der Waals surface area contributed by atoms with Crippen molar-refractivity contribution in [3.63, 3.8) is 0 Å². The number of rotatable bonds is 37. The zero-order valence-electron chi connectivity index (χ0n) is 48.3. The monoisotopic (exact) mass is 1160 g/mol. The Balaban J connectivity index is 6.95. The molecule has 0 aromatic heterocycles. The van der Waals surface area contributed by atoms with Gasteiger partial charge in [0.15, 0.2) is 74.9 Å². The molecule has 3 atom stereocenters. The predicted octanol–water partition coefficient (Wildman–Crippen LogP) is 11.8. The molecular formula is C41H108O14Si12. The lowest BCUT2D eigenvalue weighted by molar-refractivity contribution is -0.159. The molecule has 0 aromatic carbocycles. The van der Waals surface area contributed by atoms with Crippen molar-refractivity contribution in [1.82, 2.24) is 0 Å². The van der Waals surface area contributed by atoms with Gasteiger partial charge in [0, 0.05) is 38.0 Å². The first-order chi connectivity index (χ1) is 29.5. The van der Waals surface area contributed by atoms with Crippen LogP contribution < -0.4 is 0 Å². The van der Waals surface area contributed by atoms with Gasteiger partial charge in [0.2, 0.25) is 0 Å². The zero-order valence-corrected chi connectivity index (χ0v) is 60.3. The van der Waals surface area contributed by atoms with Crippen LogP contribution in [-0.2, 0) is 51.2 Å². The summed E-state index contributed by atoms with van der Waals surface area (Å²) in [5, 5.41) is 22.1. The van der Waals surface area contributed by atoms with Crippen molar-refractivity contribution in [2.75, 3.05) is 33.0 Å². The summed E-state index contributed by atoms with van der Waals surface area (Å²) < 4.78 is 82.4. The maximum absolute atomic E-state index is 11.1. The van der Waals surface area contributed by atoms with E-state index < -0.39 is 120 Å². The third-order valence-electron chi connectivity index (χ3n) is 8.10. The van der Waals surface area contributed by atoms with Crippen molar-refractivity contribution in [3.8, 4) is 0 Å². The second-order valence-corrected chi connectivity index (χ2v) is 77.8. The van der Waals surface area contributed by atoms with E-state index in [1.165, 1.54) is 0 Å². The molecule has 0 spiro atoms. The van der Waals surface area contributed by atoms with E-state index in [-0.39, 0.29) is 13.2 Å². The molecule has 1 unspecified atom stereocenters. The van der Waals surface area contributed by atoms with Crippen LogP contribution >= 0.6 is 0 Å².